The molecule has 0 radical (unpaired) electrons. The van der Waals surface area contributed by atoms with Gasteiger partial charge in [0.05, 0.1) is 5.69 Å². The molecule has 2 N–H and O–H groups in total. The van der Waals surface area contributed by atoms with Crippen LogP contribution in [0.2, 0.25) is 0 Å². The number of aromatic nitrogens is 4. The van der Waals surface area contributed by atoms with Gasteiger partial charge in [0.25, 0.3) is 0 Å². The van der Waals surface area contributed by atoms with Crippen LogP contribution >= 0.6 is 0 Å². The van der Waals surface area contributed by atoms with Crippen molar-refractivity contribution in [3.05, 3.63) is 29.7 Å². The summed E-state index contributed by atoms with van der Waals surface area (Å²) in [4.78, 5) is 13.8. The predicted octanol–water partition coefficient (Wildman–Crippen LogP) is 0.615. The number of nitrogens with one attached hydrogen (secondary N) is 2. The molecule has 102 valence electrons. The summed E-state index contributed by atoms with van der Waals surface area (Å²) in [5, 5.41) is 13.7. The smallest absolute Gasteiger partial charge is 0.247 e. The molecule has 0 aromatic carbocycles. The Hall–Kier alpha value is -2.15. The van der Waals surface area contributed by atoms with Crippen LogP contribution in [0.3, 0.4) is 0 Å². The molecule has 2 aromatic rings. The Morgan fingerprint density at radius 1 is 1.53 bits per heavy atom. The van der Waals surface area contributed by atoms with Crippen molar-refractivity contribution in [3.8, 4) is 0 Å². The van der Waals surface area contributed by atoms with Crippen LogP contribution in [0.5, 0.6) is 0 Å². The van der Waals surface area contributed by atoms with Crippen molar-refractivity contribution in [2.24, 2.45) is 0 Å². The Balaban J connectivity index is 1.92. The quantitative estimate of drug-likeness (QED) is 0.827. The molecule has 0 aliphatic carbocycles. The van der Waals surface area contributed by atoms with Crippen molar-refractivity contribution < 1.29 is 4.79 Å². The number of amides is 1. The Morgan fingerprint density at radius 2 is 2.32 bits per heavy atom. The summed E-state index contributed by atoms with van der Waals surface area (Å²) < 4.78 is 1.64. The Bertz CT molecular complexity index is 556. The molecule has 0 saturated carbocycles. The van der Waals surface area contributed by atoms with Gasteiger partial charge in [0, 0.05) is 24.5 Å². The number of aromatic amines is 1. The van der Waals surface area contributed by atoms with Gasteiger partial charge in [-0.3, -0.25) is 14.6 Å². The molecule has 0 aliphatic rings. The van der Waals surface area contributed by atoms with E-state index in [1.807, 2.05) is 38.1 Å². The van der Waals surface area contributed by atoms with Gasteiger partial charge in [-0.2, -0.15) is 10.2 Å². The third-order valence-electron chi connectivity index (χ3n) is 2.61. The summed E-state index contributed by atoms with van der Waals surface area (Å²) in [6.45, 7) is 2.85. The lowest BCUT2D eigenvalue weighted by Crippen LogP contribution is -2.20. The van der Waals surface area contributed by atoms with Gasteiger partial charge in [-0.15, -0.1) is 0 Å². The monoisotopic (exact) mass is 262 g/mol. The van der Waals surface area contributed by atoms with E-state index >= 15 is 0 Å². The van der Waals surface area contributed by atoms with Gasteiger partial charge in [-0.05, 0) is 27.1 Å². The molecular weight excluding hydrogens is 244 g/mol. The zero-order chi connectivity index (χ0) is 13.8. The van der Waals surface area contributed by atoms with Crippen LogP contribution in [-0.2, 0) is 17.9 Å². The second-order valence-electron chi connectivity index (χ2n) is 4.69. The maximum Gasteiger partial charge on any atom is 0.247 e. The van der Waals surface area contributed by atoms with E-state index < -0.39 is 0 Å². The standard InChI is InChI=1S/C12H18N6O/c1-9-4-5-13-18(9)8-12(19)14-11-6-10(15-16-11)7-17(2)3/h4-6H,7-8H2,1-3H3,(H2,14,15,16,19). The number of hydrogen-bond donors (Lipinski definition) is 2. The van der Waals surface area contributed by atoms with E-state index in [9.17, 15) is 4.79 Å². The van der Waals surface area contributed by atoms with E-state index in [-0.39, 0.29) is 12.5 Å². The molecule has 0 spiro atoms. The zero-order valence-corrected chi connectivity index (χ0v) is 11.3. The van der Waals surface area contributed by atoms with Crippen molar-refractivity contribution >= 4 is 11.7 Å². The molecule has 0 saturated heterocycles. The van der Waals surface area contributed by atoms with Crippen molar-refractivity contribution in [2.45, 2.75) is 20.0 Å². The van der Waals surface area contributed by atoms with Gasteiger partial charge >= 0.3 is 0 Å². The number of nitrogens with zero attached hydrogens (tertiary/aromatic N) is 4. The largest absolute Gasteiger partial charge is 0.308 e. The first-order valence-corrected chi connectivity index (χ1v) is 6.02. The van der Waals surface area contributed by atoms with Crippen LogP contribution in [0.1, 0.15) is 11.4 Å². The molecule has 19 heavy (non-hydrogen) atoms. The second-order valence-corrected chi connectivity index (χ2v) is 4.69. The number of rotatable bonds is 5. The Labute approximate surface area is 111 Å². The average molecular weight is 262 g/mol. The van der Waals surface area contributed by atoms with E-state index in [2.05, 4.69) is 20.6 Å². The maximum absolute atomic E-state index is 11.8. The van der Waals surface area contributed by atoms with Gasteiger partial charge < -0.3 is 10.2 Å². The number of anilines is 1. The zero-order valence-electron chi connectivity index (χ0n) is 11.3. The topological polar surface area (TPSA) is 78.8 Å². The van der Waals surface area contributed by atoms with E-state index in [1.165, 1.54) is 0 Å². The first-order valence-electron chi connectivity index (χ1n) is 6.02. The number of hydrogen-bond acceptors (Lipinski definition) is 4. The molecule has 0 aliphatic heterocycles. The SMILES string of the molecule is Cc1ccnn1CC(=O)Nc1cc(CN(C)C)[nH]n1. The molecule has 2 rings (SSSR count). The summed E-state index contributed by atoms with van der Waals surface area (Å²) in [5.74, 6) is 0.390. The van der Waals surface area contributed by atoms with Crippen molar-refractivity contribution in [3.63, 3.8) is 0 Å². The lowest BCUT2D eigenvalue weighted by molar-refractivity contribution is -0.117. The molecule has 7 heteroatoms. The van der Waals surface area contributed by atoms with E-state index in [1.54, 1.807) is 10.9 Å². The third kappa shape index (κ3) is 3.65. The van der Waals surface area contributed by atoms with Crippen LogP contribution in [0, 0.1) is 6.92 Å². The molecule has 0 fully saturated rings. The molecule has 0 unspecified atom stereocenters. The second kappa shape index (κ2) is 5.66. The molecular formula is C12H18N6O. The van der Waals surface area contributed by atoms with Crippen molar-refractivity contribution in [2.75, 3.05) is 19.4 Å². The lowest BCUT2D eigenvalue weighted by Gasteiger charge is -2.05. The first-order chi connectivity index (χ1) is 9.04. The van der Waals surface area contributed by atoms with Crippen LogP contribution in [-0.4, -0.2) is 44.9 Å². The highest BCUT2D eigenvalue weighted by atomic mass is 16.2. The van der Waals surface area contributed by atoms with Crippen LogP contribution in [0.4, 0.5) is 5.82 Å². The van der Waals surface area contributed by atoms with E-state index in [0.29, 0.717) is 5.82 Å². The van der Waals surface area contributed by atoms with Crippen molar-refractivity contribution in [1.82, 2.24) is 24.9 Å². The minimum Gasteiger partial charge on any atom is -0.308 e. The fraction of sp³-hybridized carbons (Fsp3) is 0.417. The van der Waals surface area contributed by atoms with Crippen LogP contribution in [0.15, 0.2) is 18.3 Å². The average Bonchev–Trinajstić information content (AvgIpc) is 2.89. The fourth-order valence-corrected chi connectivity index (χ4v) is 1.73. The number of aryl methyl sites for hydroxylation is 1. The maximum atomic E-state index is 11.8. The van der Waals surface area contributed by atoms with E-state index in [4.69, 9.17) is 0 Å². The Morgan fingerprint density at radius 3 is 2.95 bits per heavy atom. The summed E-state index contributed by atoms with van der Waals surface area (Å²) in [7, 11) is 3.94. The summed E-state index contributed by atoms with van der Waals surface area (Å²) >= 11 is 0. The summed E-state index contributed by atoms with van der Waals surface area (Å²) in [5.41, 5.74) is 1.90. The van der Waals surface area contributed by atoms with Gasteiger partial charge in [0.2, 0.25) is 5.91 Å². The van der Waals surface area contributed by atoms with Gasteiger partial charge in [-0.1, -0.05) is 0 Å². The minimum atomic E-state index is -0.144. The molecule has 0 atom stereocenters. The fourth-order valence-electron chi connectivity index (χ4n) is 1.73. The highest BCUT2D eigenvalue weighted by molar-refractivity contribution is 5.89. The van der Waals surface area contributed by atoms with Gasteiger partial charge in [0.1, 0.15) is 6.54 Å². The molecule has 2 aromatic heterocycles. The van der Waals surface area contributed by atoms with Gasteiger partial charge in [0.15, 0.2) is 5.82 Å². The summed E-state index contributed by atoms with van der Waals surface area (Å²) in [6.07, 6.45) is 1.67. The number of carbonyl (C=O) groups is 1. The molecule has 0 bridgehead atoms. The van der Waals surface area contributed by atoms with Crippen LogP contribution < -0.4 is 5.32 Å². The third-order valence-corrected chi connectivity index (χ3v) is 2.61. The number of carbonyl (C=O) groups excluding carboxylic acids is 1. The predicted molar refractivity (Wildman–Crippen MR) is 71.6 cm³/mol. The highest BCUT2D eigenvalue weighted by Crippen LogP contribution is 2.07. The minimum absolute atomic E-state index is 0.144. The normalized spacial score (nSPS) is 10.9. The molecule has 2 heterocycles. The van der Waals surface area contributed by atoms with Gasteiger partial charge in [-0.25, -0.2) is 0 Å². The van der Waals surface area contributed by atoms with E-state index in [0.717, 1.165) is 17.9 Å². The molecule has 7 nitrogen and oxygen atoms in total. The summed E-state index contributed by atoms with van der Waals surface area (Å²) in [6, 6.07) is 3.69. The lowest BCUT2D eigenvalue weighted by atomic mass is 10.4. The molecule has 1 amide bonds. The first kappa shape index (κ1) is 13.3. The Kier molecular flexibility index (Phi) is 3.96. The van der Waals surface area contributed by atoms with Crippen molar-refractivity contribution in [1.29, 1.82) is 0 Å². The number of H-pyrrole nitrogens is 1. The van der Waals surface area contributed by atoms with Crippen LogP contribution in [0.25, 0.3) is 0 Å². The highest BCUT2D eigenvalue weighted by Gasteiger charge is 2.08.